The van der Waals surface area contributed by atoms with Crippen LogP contribution in [-0.2, 0) is 0 Å². The first-order valence-electron chi connectivity index (χ1n) is 4.77. The number of hydrogen-bond donors (Lipinski definition) is 2. The summed E-state index contributed by atoms with van der Waals surface area (Å²) in [6.45, 7) is 3.90. The summed E-state index contributed by atoms with van der Waals surface area (Å²) in [6.07, 6.45) is -0.544. The van der Waals surface area contributed by atoms with Crippen molar-refractivity contribution < 1.29 is 14.6 Å². The molecular formula is C11H15NO3. The fourth-order valence-electron chi connectivity index (χ4n) is 1.11. The van der Waals surface area contributed by atoms with Gasteiger partial charge in [-0.25, -0.2) is 4.79 Å². The first-order chi connectivity index (χ1) is 7.13. The van der Waals surface area contributed by atoms with Gasteiger partial charge in [-0.1, -0.05) is 12.1 Å². The number of carbonyl (C=O) groups excluding carboxylic acids is 1. The van der Waals surface area contributed by atoms with Crippen molar-refractivity contribution in [2.45, 2.75) is 13.8 Å². The molecule has 1 rings (SSSR count). The Morgan fingerprint density at radius 3 is 2.87 bits per heavy atom. The monoisotopic (exact) mass is 209 g/mol. The molecule has 0 saturated heterocycles. The minimum atomic E-state index is -0.544. The third-order valence-corrected chi connectivity index (χ3v) is 1.93. The van der Waals surface area contributed by atoms with E-state index in [1.54, 1.807) is 6.07 Å². The number of aliphatic hydroxyl groups is 1. The van der Waals surface area contributed by atoms with Gasteiger partial charge in [0.2, 0.25) is 0 Å². The molecule has 0 aromatic heterocycles. The zero-order valence-electron chi connectivity index (χ0n) is 8.91. The molecule has 0 radical (unpaired) electrons. The Morgan fingerprint density at radius 1 is 1.47 bits per heavy atom. The molecule has 4 nitrogen and oxygen atoms in total. The molecular weight excluding hydrogens is 194 g/mol. The first kappa shape index (κ1) is 11.5. The zero-order chi connectivity index (χ0) is 11.3. The average Bonchev–Trinajstić information content (AvgIpc) is 2.20. The van der Waals surface area contributed by atoms with E-state index in [1.165, 1.54) is 0 Å². The summed E-state index contributed by atoms with van der Waals surface area (Å²) in [7, 11) is 0. The quantitative estimate of drug-likeness (QED) is 0.790. The Morgan fingerprint density at radius 2 is 2.20 bits per heavy atom. The summed E-state index contributed by atoms with van der Waals surface area (Å²) in [5.41, 5.74) is 1.94. The molecule has 0 aliphatic heterocycles. The van der Waals surface area contributed by atoms with Gasteiger partial charge in [0.1, 0.15) is 5.75 Å². The third kappa shape index (κ3) is 3.59. The molecule has 4 heteroatoms. The molecule has 0 fully saturated rings. The van der Waals surface area contributed by atoms with Gasteiger partial charge < -0.3 is 15.2 Å². The second-order valence-corrected chi connectivity index (χ2v) is 3.31. The molecule has 0 atom stereocenters. The van der Waals surface area contributed by atoms with Crippen LogP contribution in [0.1, 0.15) is 11.1 Å². The van der Waals surface area contributed by atoms with E-state index in [0.717, 1.165) is 11.1 Å². The summed E-state index contributed by atoms with van der Waals surface area (Å²) >= 11 is 0. The van der Waals surface area contributed by atoms with Gasteiger partial charge in [-0.15, -0.1) is 0 Å². The largest absolute Gasteiger partial charge is 0.412 e. The van der Waals surface area contributed by atoms with Crippen LogP contribution in [-0.4, -0.2) is 24.4 Å². The molecule has 0 unspecified atom stereocenters. The molecule has 0 saturated carbocycles. The normalized spacial score (nSPS) is 9.80. The van der Waals surface area contributed by atoms with Crippen LogP contribution < -0.4 is 10.1 Å². The van der Waals surface area contributed by atoms with Crippen molar-refractivity contribution in [3.8, 4) is 5.75 Å². The third-order valence-electron chi connectivity index (χ3n) is 1.93. The van der Waals surface area contributed by atoms with E-state index < -0.39 is 6.09 Å². The van der Waals surface area contributed by atoms with Crippen molar-refractivity contribution in [2.24, 2.45) is 0 Å². The van der Waals surface area contributed by atoms with Crippen LogP contribution in [0.5, 0.6) is 5.75 Å². The van der Waals surface area contributed by atoms with Gasteiger partial charge in [0.15, 0.2) is 0 Å². The lowest BCUT2D eigenvalue weighted by atomic mass is 10.1. The first-order valence-corrected chi connectivity index (χ1v) is 4.77. The van der Waals surface area contributed by atoms with E-state index in [2.05, 4.69) is 5.32 Å². The SMILES string of the molecule is Cc1ccc(C)c(OC(=O)NCCO)c1. The maximum Gasteiger partial charge on any atom is 0.412 e. The van der Waals surface area contributed by atoms with Crippen LogP contribution in [0.4, 0.5) is 4.79 Å². The molecule has 0 heterocycles. The standard InChI is InChI=1S/C11H15NO3/c1-8-3-4-9(2)10(7-8)15-11(14)12-5-6-13/h3-4,7,13H,5-6H2,1-2H3,(H,12,14). The number of hydrogen-bond acceptors (Lipinski definition) is 3. The van der Waals surface area contributed by atoms with Crippen LogP contribution >= 0.6 is 0 Å². The number of carbonyl (C=O) groups is 1. The molecule has 82 valence electrons. The summed E-state index contributed by atoms with van der Waals surface area (Å²) in [5.74, 6) is 0.547. The van der Waals surface area contributed by atoms with Crippen LogP contribution in [0.25, 0.3) is 0 Å². The van der Waals surface area contributed by atoms with Crippen LogP contribution in [0, 0.1) is 13.8 Å². The summed E-state index contributed by atoms with van der Waals surface area (Å²) in [4.78, 5) is 11.2. The number of amides is 1. The Bertz CT molecular complexity index is 350. The van der Waals surface area contributed by atoms with Gasteiger partial charge in [-0.05, 0) is 31.0 Å². The average molecular weight is 209 g/mol. The summed E-state index contributed by atoms with van der Waals surface area (Å²) in [5, 5.41) is 10.9. The topological polar surface area (TPSA) is 58.6 Å². The maximum absolute atomic E-state index is 11.2. The van der Waals surface area contributed by atoms with Crippen molar-refractivity contribution in [1.82, 2.24) is 5.32 Å². The Hall–Kier alpha value is -1.55. The molecule has 0 aliphatic carbocycles. The van der Waals surface area contributed by atoms with Crippen LogP contribution in [0.3, 0.4) is 0 Å². The molecule has 2 N–H and O–H groups in total. The van der Waals surface area contributed by atoms with Crippen LogP contribution in [0.15, 0.2) is 18.2 Å². The number of rotatable bonds is 3. The zero-order valence-corrected chi connectivity index (χ0v) is 8.91. The van der Waals surface area contributed by atoms with Gasteiger partial charge >= 0.3 is 6.09 Å². The highest BCUT2D eigenvalue weighted by Gasteiger charge is 2.05. The molecule has 1 aromatic rings. The number of aryl methyl sites for hydroxylation is 2. The number of benzene rings is 1. The lowest BCUT2D eigenvalue weighted by Gasteiger charge is -2.08. The predicted octanol–water partition coefficient (Wildman–Crippen LogP) is 1.38. The minimum absolute atomic E-state index is 0.0953. The van der Waals surface area contributed by atoms with Gasteiger partial charge in [-0.3, -0.25) is 0 Å². The van der Waals surface area contributed by atoms with Crippen molar-refractivity contribution in [2.75, 3.05) is 13.2 Å². The van der Waals surface area contributed by atoms with Gasteiger partial charge in [0, 0.05) is 6.54 Å². The smallest absolute Gasteiger partial charge is 0.410 e. The van der Waals surface area contributed by atoms with E-state index >= 15 is 0 Å². The van der Waals surface area contributed by atoms with Crippen molar-refractivity contribution >= 4 is 6.09 Å². The van der Waals surface area contributed by atoms with Crippen molar-refractivity contribution in [3.63, 3.8) is 0 Å². The van der Waals surface area contributed by atoms with E-state index in [-0.39, 0.29) is 13.2 Å². The van der Waals surface area contributed by atoms with E-state index in [9.17, 15) is 4.79 Å². The molecule has 1 amide bonds. The van der Waals surface area contributed by atoms with Crippen molar-refractivity contribution in [1.29, 1.82) is 0 Å². The highest BCUT2D eigenvalue weighted by Crippen LogP contribution is 2.18. The maximum atomic E-state index is 11.2. The fraction of sp³-hybridized carbons (Fsp3) is 0.364. The van der Waals surface area contributed by atoms with E-state index in [4.69, 9.17) is 9.84 Å². The Labute approximate surface area is 88.9 Å². The molecule has 0 spiro atoms. The summed E-state index contributed by atoms with van der Waals surface area (Å²) in [6, 6.07) is 5.64. The van der Waals surface area contributed by atoms with Gasteiger partial charge in [0.25, 0.3) is 0 Å². The number of aliphatic hydroxyl groups excluding tert-OH is 1. The van der Waals surface area contributed by atoms with E-state index in [1.807, 2.05) is 26.0 Å². The Balaban J connectivity index is 2.63. The second-order valence-electron chi connectivity index (χ2n) is 3.31. The van der Waals surface area contributed by atoms with Crippen LogP contribution in [0.2, 0.25) is 0 Å². The van der Waals surface area contributed by atoms with Crippen molar-refractivity contribution in [3.05, 3.63) is 29.3 Å². The lowest BCUT2D eigenvalue weighted by molar-refractivity contribution is 0.195. The van der Waals surface area contributed by atoms with E-state index in [0.29, 0.717) is 5.75 Å². The predicted molar refractivity (Wildman–Crippen MR) is 57.0 cm³/mol. The molecule has 0 aliphatic rings. The number of ether oxygens (including phenoxy) is 1. The summed E-state index contributed by atoms with van der Waals surface area (Å²) < 4.78 is 5.07. The Kier molecular flexibility index (Phi) is 4.12. The van der Waals surface area contributed by atoms with Gasteiger partial charge in [0.05, 0.1) is 6.61 Å². The number of nitrogens with one attached hydrogen (secondary N) is 1. The highest BCUT2D eigenvalue weighted by molar-refractivity contribution is 5.70. The fourth-order valence-corrected chi connectivity index (χ4v) is 1.11. The molecule has 15 heavy (non-hydrogen) atoms. The van der Waals surface area contributed by atoms with Gasteiger partial charge in [-0.2, -0.15) is 0 Å². The molecule has 0 bridgehead atoms. The highest BCUT2D eigenvalue weighted by atomic mass is 16.6. The molecule has 1 aromatic carbocycles. The minimum Gasteiger partial charge on any atom is -0.410 e. The second kappa shape index (κ2) is 5.36. The lowest BCUT2D eigenvalue weighted by Crippen LogP contribution is -2.29.